The molecule has 20 heavy (non-hydrogen) atoms. The van der Waals surface area contributed by atoms with E-state index in [4.69, 9.17) is 0 Å². The van der Waals surface area contributed by atoms with Crippen molar-refractivity contribution in [3.63, 3.8) is 0 Å². The van der Waals surface area contributed by atoms with Crippen molar-refractivity contribution in [1.82, 2.24) is 14.5 Å². The van der Waals surface area contributed by atoms with E-state index in [0.29, 0.717) is 24.5 Å². The average molecular weight is 317 g/mol. The summed E-state index contributed by atoms with van der Waals surface area (Å²) in [7, 11) is -1.47. The molecule has 2 heterocycles. The molecule has 1 unspecified atom stereocenters. The molecule has 0 aromatic carbocycles. The number of likely N-dealkylation sites (N-methyl/N-ethyl adjacent to an activating group) is 1. The number of thiophene rings is 1. The third-order valence-electron chi connectivity index (χ3n) is 3.75. The molecule has 0 spiro atoms. The maximum absolute atomic E-state index is 12.6. The van der Waals surface area contributed by atoms with Gasteiger partial charge in [-0.2, -0.15) is 4.31 Å². The number of hydrogen-bond acceptors (Lipinski definition) is 5. The third-order valence-corrected chi connectivity index (χ3v) is 6.68. The molecule has 1 aromatic heterocycles. The van der Waals surface area contributed by atoms with Crippen LogP contribution in [-0.4, -0.2) is 56.9 Å². The molecule has 0 bridgehead atoms. The Bertz CT molecular complexity index is 542. The zero-order valence-corrected chi connectivity index (χ0v) is 13.9. The quantitative estimate of drug-likeness (QED) is 0.886. The van der Waals surface area contributed by atoms with E-state index in [1.54, 1.807) is 15.8 Å². The zero-order chi connectivity index (χ0) is 14.8. The lowest BCUT2D eigenvalue weighted by atomic mass is 10.2. The van der Waals surface area contributed by atoms with Crippen LogP contribution < -0.4 is 5.32 Å². The molecule has 1 aliphatic rings. The Hall–Kier alpha value is -0.470. The highest BCUT2D eigenvalue weighted by Gasteiger charge is 2.32. The molecule has 1 fully saturated rings. The van der Waals surface area contributed by atoms with Crippen LogP contribution in [0.1, 0.15) is 18.7 Å². The van der Waals surface area contributed by atoms with Crippen LogP contribution in [0.15, 0.2) is 16.3 Å². The van der Waals surface area contributed by atoms with Crippen LogP contribution >= 0.6 is 11.3 Å². The highest BCUT2D eigenvalue weighted by molar-refractivity contribution is 7.89. The fourth-order valence-electron chi connectivity index (χ4n) is 2.56. The number of piperazine rings is 1. The fraction of sp³-hybridized carbons (Fsp3) is 0.692. The molecule has 1 N–H and O–H groups in total. The second kappa shape index (κ2) is 6.53. The van der Waals surface area contributed by atoms with Crippen LogP contribution in [0.2, 0.25) is 0 Å². The lowest BCUT2D eigenvalue weighted by Crippen LogP contribution is -2.53. The lowest BCUT2D eigenvalue weighted by molar-refractivity contribution is 0.135. The summed E-state index contributed by atoms with van der Waals surface area (Å²) in [4.78, 5) is 3.79. The monoisotopic (exact) mass is 317 g/mol. The molecule has 1 saturated heterocycles. The molecule has 5 nitrogen and oxygen atoms in total. The third kappa shape index (κ3) is 3.23. The molecule has 0 aliphatic carbocycles. The van der Waals surface area contributed by atoms with Crippen molar-refractivity contribution in [2.24, 2.45) is 0 Å². The van der Waals surface area contributed by atoms with Crippen molar-refractivity contribution in [1.29, 1.82) is 0 Å². The van der Waals surface area contributed by atoms with Gasteiger partial charge in [0.2, 0.25) is 10.0 Å². The summed E-state index contributed by atoms with van der Waals surface area (Å²) in [6.07, 6.45) is 0. The van der Waals surface area contributed by atoms with E-state index in [9.17, 15) is 8.42 Å². The minimum absolute atomic E-state index is 0.277. The smallest absolute Gasteiger partial charge is 0.244 e. The fourth-order valence-corrected chi connectivity index (χ4v) is 5.35. The number of hydrogen-bond donors (Lipinski definition) is 1. The van der Waals surface area contributed by atoms with Gasteiger partial charge in [-0.15, -0.1) is 11.3 Å². The largest absolute Gasteiger partial charge is 0.315 e. The van der Waals surface area contributed by atoms with Crippen LogP contribution in [0.25, 0.3) is 0 Å². The van der Waals surface area contributed by atoms with E-state index in [1.165, 1.54) is 11.3 Å². The molecule has 0 radical (unpaired) electrons. The van der Waals surface area contributed by atoms with Crippen molar-refractivity contribution >= 4 is 21.4 Å². The van der Waals surface area contributed by atoms with Crippen molar-refractivity contribution < 1.29 is 8.42 Å². The van der Waals surface area contributed by atoms with Gasteiger partial charge in [0.25, 0.3) is 0 Å². The summed E-state index contributed by atoms with van der Waals surface area (Å²) >= 11 is 1.49. The van der Waals surface area contributed by atoms with Crippen LogP contribution in [0, 0.1) is 0 Å². The van der Waals surface area contributed by atoms with Crippen LogP contribution in [0.5, 0.6) is 0 Å². The van der Waals surface area contributed by atoms with Gasteiger partial charge in [-0.05, 0) is 26.6 Å². The molecule has 0 saturated carbocycles. The summed E-state index contributed by atoms with van der Waals surface area (Å²) in [5.74, 6) is 0. The minimum atomic E-state index is -3.33. The van der Waals surface area contributed by atoms with E-state index in [1.807, 2.05) is 7.05 Å². The number of rotatable bonds is 5. The minimum Gasteiger partial charge on any atom is -0.315 e. The Labute approximate surface area is 125 Å². The first-order valence-corrected chi connectivity index (χ1v) is 9.27. The van der Waals surface area contributed by atoms with Crippen LogP contribution in [0.4, 0.5) is 0 Å². The summed E-state index contributed by atoms with van der Waals surface area (Å²) in [6, 6.07) is 2.06. The predicted molar refractivity (Wildman–Crippen MR) is 82.6 cm³/mol. The SMILES string of the molecule is CCN1CCN(S(=O)(=O)c2csc(CNC)c2)CC1C. The molecule has 1 aromatic rings. The highest BCUT2D eigenvalue weighted by Crippen LogP contribution is 2.24. The Balaban J connectivity index is 2.14. The van der Waals surface area contributed by atoms with Gasteiger partial charge in [-0.25, -0.2) is 8.42 Å². The average Bonchev–Trinajstić information content (AvgIpc) is 2.88. The first-order valence-electron chi connectivity index (χ1n) is 6.95. The molecular formula is C13H23N3O2S2. The van der Waals surface area contributed by atoms with Crippen molar-refractivity contribution in [3.05, 3.63) is 16.3 Å². The van der Waals surface area contributed by atoms with Crippen molar-refractivity contribution in [2.45, 2.75) is 31.3 Å². The summed E-state index contributed by atoms with van der Waals surface area (Å²) in [6.45, 7) is 7.85. The maximum atomic E-state index is 12.6. The topological polar surface area (TPSA) is 52.7 Å². The Morgan fingerprint density at radius 1 is 1.45 bits per heavy atom. The zero-order valence-electron chi connectivity index (χ0n) is 12.3. The Kier molecular flexibility index (Phi) is 5.19. The van der Waals surface area contributed by atoms with Gasteiger partial charge in [0.15, 0.2) is 0 Å². The van der Waals surface area contributed by atoms with Gasteiger partial charge in [-0.1, -0.05) is 6.92 Å². The second-order valence-electron chi connectivity index (χ2n) is 5.12. The van der Waals surface area contributed by atoms with Crippen molar-refractivity contribution in [2.75, 3.05) is 33.2 Å². The van der Waals surface area contributed by atoms with E-state index in [0.717, 1.165) is 18.0 Å². The summed E-state index contributed by atoms with van der Waals surface area (Å²) in [5.41, 5.74) is 0. The van der Waals surface area contributed by atoms with Gasteiger partial charge >= 0.3 is 0 Å². The van der Waals surface area contributed by atoms with E-state index >= 15 is 0 Å². The Morgan fingerprint density at radius 2 is 2.20 bits per heavy atom. The molecule has 7 heteroatoms. The molecular weight excluding hydrogens is 294 g/mol. The standard InChI is InChI=1S/C13H23N3O2S2/c1-4-15-5-6-16(9-11(15)2)20(17,18)13-7-12(8-14-3)19-10-13/h7,10-11,14H,4-6,8-9H2,1-3H3. The lowest BCUT2D eigenvalue weighted by Gasteiger charge is -2.38. The van der Waals surface area contributed by atoms with E-state index in [2.05, 4.69) is 24.1 Å². The van der Waals surface area contributed by atoms with E-state index < -0.39 is 10.0 Å². The second-order valence-corrected chi connectivity index (χ2v) is 8.05. The van der Waals surface area contributed by atoms with Crippen molar-refractivity contribution in [3.8, 4) is 0 Å². The summed E-state index contributed by atoms with van der Waals surface area (Å²) in [5, 5.41) is 4.79. The maximum Gasteiger partial charge on any atom is 0.244 e. The van der Waals surface area contributed by atoms with Gasteiger partial charge in [0.05, 0.1) is 4.90 Å². The molecule has 1 atom stereocenters. The number of sulfonamides is 1. The first-order chi connectivity index (χ1) is 9.48. The number of nitrogens with zero attached hydrogens (tertiary/aromatic N) is 2. The van der Waals surface area contributed by atoms with Gasteiger partial charge < -0.3 is 5.32 Å². The van der Waals surface area contributed by atoms with Gasteiger partial charge in [-0.3, -0.25) is 4.90 Å². The van der Waals surface area contributed by atoms with Gasteiger partial charge in [0, 0.05) is 42.5 Å². The first kappa shape index (κ1) is 15.9. The van der Waals surface area contributed by atoms with Crippen LogP contribution in [0.3, 0.4) is 0 Å². The van der Waals surface area contributed by atoms with E-state index in [-0.39, 0.29) is 6.04 Å². The molecule has 0 amide bonds. The predicted octanol–water partition coefficient (Wildman–Crippen LogP) is 1.18. The highest BCUT2D eigenvalue weighted by atomic mass is 32.2. The normalized spacial score (nSPS) is 22.2. The Morgan fingerprint density at radius 3 is 2.80 bits per heavy atom. The van der Waals surface area contributed by atoms with Gasteiger partial charge in [0.1, 0.15) is 0 Å². The van der Waals surface area contributed by atoms with Crippen LogP contribution in [-0.2, 0) is 16.6 Å². The number of nitrogens with one attached hydrogen (secondary N) is 1. The molecule has 2 rings (SSSR count). The molecule has 1 aliphatic heterocycles. The molecule has 114 valence electrons. The summed E-state index contributed by atoms with van der Waals surface area (Å²) < 4.78 is 26.9.